The Labute approximate surface area is 278 Å². The highest BCUT2D eigenvalue weighted by atomic mass is 16.3. The van der Waals surface area contributed by atoms with Crippen molar-refractivity contribution >= 4 is 0 Å². The van der Waals surface area contributed by atoms with E-state index < -0.39 is 5.41 Å². The quantitative estimate of drug-likeness (QED) is 0.0938. The largest absolute Gasteiger partial charge is 0.508 e. The Morgan fingerprint density at radius 1 is 0.426 bits per heavy atom. The predicted octanol–water partition coefficient (Wildman–Crippen LogP) is 9.00. The number of aromatic hydroxyl groups is 5. The van der Waals surface area contributed by atoms with Gasteiger partial charge in [0, 0.05) is 18.3 Å². The monoisotopic (exact) mass is 630 g/mol. The van der Waals surface area contributed by atoms with Gasteiger partial charge in [-0.25, -0.2) is 0 Å². The van der Waals surface area contributed by atoms with Gasteiger partial charge in [0.2, 0.25) is 0 Å². The Kier molecular flexibility index (Phi) is 9.85. The molecule has 5 nitrogen and oxygen atoms in total. The highest BCUT2D eigenvalue weighted by molar-refractivity contribution is 5.61. The molecule has 0 aliphatic heterocycles. The van der Waals surface area contributed by atoms with E-state index in [1.807, 2.05) is 39.8 Å². The van der Waals surface area contributed by atoms with Crippen molar-refractivity contribution in [2.24, 2.45) is 0 Å². The molecule has 0 aliphatic rings. The summed E-state index contributed by atoms with van der Waals surface area (Å²) in [4.78, 5) is 0. The van der Waals surface area contributed by atoms with Crippen LogP contribution in [-0.2, 0) is 43.9 Å². The van der Waals surface area contributed by atoms with Crippen molar-refractivity contribution in [1.29, 1.82) is 0 Å². The van der Waals surface area contributed by atoms with Crippen molar-refractivity contribution in [3.63, 3.8) is 0 Å². The lowest BCUT2D eigenvalue weighted by molar-refractivity contribution is 0.459. The van der Waals surface area contributed by atoms with Crippen LogP contribution in [0.2, 0.25) is 0 Å². The van der Waals surface area contributed by atoms with E-state index in [9.17, 15) is 25.5 Å². The van der Waals surface area contributed by atoms with Crippen LogP contribution >= 0.6 is 0 Å². The fourth-order valence-electron chi connectivity index (χ4n) is 6.77. The van der Waals surface area contributed by atoms with Crippen LogP contribution in [0.4, 0.5) is 0 Å². The van der Waals surface area contributed by atoms with E-state index in [0.29, 0.717) is 61.2 Å². The van der Waals surface area contributed by atoms with Gasteiger partial charge in [0.05, 0.1) is 0 Å². The molecule has 5 aromatic rings. The fraction of sp³-hybridized carbons (Fsp3) is 0.286. The van der Waals surface area contributed by atoms with E-state index in [2.05, 4.69) is 43.3 Å². The Morgan fingerprint density at radius 2 is 0.723 bits per heavy atom. The average molecular weight is 631 g/mol. The van der Waals surface area contributed by atoms with Crippen LogP contribution in [0.25, 0.3) is 0 Å². The van der Waals surface area contributed by atoms with Gasteiger partial charge in [-0.15, -0.1) is 0 Å². The highest BCUT2D eigenvalue weighted by Gasteiger charge is 2.35. The van der Waals surface area contributed by atoms with Crippen molar-refractivity contribution in [2.45, 2.75) is 78.6 Å². The maximum Gasteiger partial charge on any atom is 0.122 e. The summed E-state index contributed by atoms with van der Waals surface area (Å²) in [5.41, 5.74) is 8.85. The zero-order chi connectivity index (χ0) is 33.9. The second kappa shape index (κ2) is 13.8. The first-order chi connectivity index (χ1) is 22.5. The molecule has 0 fully saturated rings. The summed E-state index contributed by atoms with van der Waals surface area (Å²) in [5.74, 6) is 1.15. The predicted molar refractivity (Wildman–Crippen MR) is 189 cm³/mol. The molecule has 0 saturated carbocycles. The third kappa shape index (κ3) is 6.66. The molecule has 5 aromatic carbocycles. The number of rotatable bonds is 11. The zero-order valence-corrected chi connectivity index (χ0v) is 28.1. The smallest absolute Gasteiger partial charge is 0.122 e. The first-order valence-electron chi connectivity index (χ1n) is 16.6. The van der Waals surface area contributed by atoms with Crippen LogP contribution < -0.4 is 0 Å². The molecule has 0 heterocycles. The van der Waals surface area contributed by atoms with E-state index in [0.717, 1.165) is 50.1 Å². The summed E-state index contributed by atoms with van der Waals surface area (Å²) >= 11 is 0. The minimum absolute atomic E-state index is 0.162. The molecule has 0 spiro atoms. The van der Waals surface area contributed by atoms with Crippen LogP contribution in [-0.4, -0.2) is 25.5 Å². The molecule has 0 saturated heterocycles. The number of benzene rings is 5. The summed E-state index contributed by atoms with van der Waals surface area (Å²) in [5, 5.41) is 54.5. The SMILES string of the molecule is CCc1cc(C(C)(c2cc(CC)c(O)c(CC)c2)c2cc(Cc3cccc(O)c3)c(O)c(Cc3cccc(O)c3)c2)cc(CC)c1O. The molecule has 244 valence electrons. The third-order valence-electron chi connectivity index (χ3n) is 9.67. The molecule has 0 bridgehead atoms. The van der Waals surface area contributed by atoms with E-state index in [-0.39, 0.29) is 17.2 Å². The molecular formula is C42H46O5. The van der Waals surface area contributed by atoms with Gasteiger partial charge in [0.15, 0.2) is 0 Å². The van der Waals surface area contributed by atoms with Crippen LogP contribution in [0.15, 0.2) is 84.9 Å². The molecule has 0 atom stereocenters. The molecular weight excluding hydrogens is 584 g/mol. The van der Waals surface area contributed by atoms with Crippen molar-refractivity contribution in [2.75, 3.05) is 0 Å². The normalized spacial score (nSPS) is 11.6. The number of aryl methyl sites for hydroxylation is 4. The Bertz CT molecular complexity index is 1720. The van der Waals surface area contributed by atoms with Crippen molar-refractivity contribution in [3.8, 4) is 28.7 Å². The number of hydrogen-bond donors (Lipinski definition) is 5. The van der Waals surface area contributed by atoms with Gasteiger partial charge in [0.1, 0.15) is 28.7 Å². The minimum Gasteiger partial charge on any atom is -0.508 e. The second-order valence-corrected chi connectivity index (χ2v) is 12.7. The average Bonchev–Trinajstić information content (AvgIpc) is 3.06. The van der Waals surface area contributed by atoms with Crippen LogP contribution in [0.1, 0.15) is 95.8 Å². The maximum atomic E-state index is 11.8. The van der Waals surface area contributed by atoms with Gasteiger partial charge < -0.3 is 25.5 Å². The lowest BCUT2D eigenvalue weighted by Crippen LogP contribution is -2.27. The van der Waals surface area contributed by atoms with Crippen molar-refractivity contribution in [1.82, 2.24) is 0 Å². The fourth-order valence-corrected chi connectivity index (χ4v) is 6.77. The number of phenols is 5. The van der Waals surface area contributed by atoms with E-state index in [1.54, 1.807) is 36.4 Å². The Morgan fingerprint density at radius 3 is 1.02 bits per heavy atom. The minimum atomic E-state index is -0.752. The van der Waals surface area contributed by atoms with Crippen LogP contribution in [0, 0.1) is 0 Å². The van der Waals surface area contributed by atoms with Gasteiger partial charge in [-0.3, -0.25) is 0 Å². The van der Waals surface area contributed by atoms with E-state index in [4.69, 9.17) is 0 Å². The molecule has 0 radical (unpaired) electrons. The summed E-state index contributed by atoms with van der Waals surface area (Å²) in [6, 6.07) is 26.6. The molecule has 0 amide bonds. The first kappa shape index (κ1) is 33.5. The van der Waals surface area contributed by atoms with E-state index in [1.165, 1.54) is 0 Å². The summed E-state index contributed by atoms with van der Waals surface area (Å²) < 4.78 is 0. The van der Waals surface area contributed by atoms with Crippen molar-refractivity contribution < 1.29 is 25.5 Å². The highest BCUT2D eigenvalue weighted by Crippen LogP contribution is 2.46. The van der Waals surface area contributed by atoms with E-state index >= 15 is 0 Å². The van der Waals surface area contributed by atoms with Crippen LogP contribution in [0.3, 0.4) is 0 Å². The lowest BCUT2D eigenvalue weighted by Gasteiger charge is -2.35. The molecule has 5 heteroatoms. The van der Waals surface area contributed by atoms with Crippen LogP contribution in [0.5, 0.6) is 28.7 Å². The number of hydrogen-bond acceptors (Lipinski definition) is 5. The molecule has 5 N–H and O–H groups in total. The van der Waals surface area contributed by atoms with Gasteiger partial charge in [-0.05, 0) is 118 Å². The second-order valence-electron chi connectivity index (χ2n) is 12.7. The maximum absolute atomic E-state index is 11.8. The van der Waals surface area contributed by atoms with Gasteiger partial charge >= 0.3 is 0 Å². The molecule has 47 heavy (non-hydrogen) atoms. The Balaban J connectivity index is 1.85. The number of phenolic OH excluding ortho intramolecular Hbond substituents is 5. The Hall–Kier alpha value is -4.90. The first-order valence-corrected chi connectivity index (χ1v) is 16.6. The zero-order valence-electron chi connectivity index (χ0n) is 28.1. The van der Waals surface area contributed by atoms with Gasteiger partial charge in [0.25, 0.3) is 0 Å². The van der Waals surface area contributed by atoms with Gasteiger partial charge in [-0.1, -0.05) is 88.4 Å². The molecule has 0 aliphatic carbocycles. The summed E-state index contributed by atoms with van der Waals surface area (Å²) in [6.45, 7) is 10.4. The summed E-state index contributed by atoms with van der Waals surface area (Å²) in [6.07, 6.45) is 3.45. The molecule has 0 unspecified atom stereocenters. The topological polar surface area (TPSA) is 101 Å². The standard InChI is InChI=1S/C42H46O5/c1-6-28-20-34(21-29(7-2)39(28)45)42(5,35-22-30(8-3)40(46)31(9-4)23-35)36-24-32(16-26-12-10-14-37(43)18-26)41(47)33(25-36)17-27-13-11-15-38(44)19-27/h10-15,18-25,43-47H,6-9,16-17H2,1-5H3. The molecule has 5 rings (SSSR count). The third-order valence-corrected chi connectivity index (χ3v) is 9.67. The van der Waals surface area contributed by atoms with Crippen molar-refractivity contribution in [3.05, 3.63) is 146 Å². The summed E-state index contributed by atoms with van der Waals surface area (Å²) in [7, 11) is 0. The molecule has 0 aromatic heterocycles. The van der Waals surface area contributed by atoms with Gasteiger partial charge in [-0.2, -0.15) is 0 Å². The lowest BCUT2D eigenvalue weighted by atomic mass is 9.68.